The summed E-state index contributed by atoms with van der Waals surface area (Å²) in [6.45, 7) is 6.76. The highest BCUT2D eigenvalue weighted by Gasteiger charge is 2.24. The number of benzene rings is 2. The molecule has 0 saturated carbocycles. The minimum absolute atomic E-state index is 0.0863. The molecule has 0 bridgehead atoms. The highest BCUT2D eigenvalue weighted by atomic mass is 16.2. The molecule has 33 heavy (non-hydrogen) atoms. The Kier molecular flexibility index (Phi) is 6.77. The lowest BCUT2D eigenvalue weighted by atomic mass is 9.97. The summed E-state index contributed by atoms with van der Waals surface area (Å²) >= 11 is 0. The molecular formula is C26H31N5O2. The van der Waals surface area contributed by atoms with Crippen molar-refractivity contribution in [3.8, 4) is 0 Å². The molecule has 1 atom stereocenters. The maximum atomic E-state index is 12.6. The van der Waals surface area contributed by atoms with Crippen molar-refractivity contribution in [3.05, 3.63) is 82.7 Å². The number of amides is 2. The van der Waals surface area contributed by atoms with Gasteiger partial charge in [0.1, 0.15) is 0 Å². The molecule has 1 aromatic heterocycles. The molecule has 1 aliphatic rings. The Bertz CT molecular complexity index is 1120. The van der Waals surface area contributed by atoms with Crippen LogP contribution in [0.5, 0.6) is 0 Å². The van der Waals surface area contributed by atoms with Crippen LogP contribution in [-0.2, 0) is 17.9 Å². The first kappa shape index (κ1) is 22.6. The number of nitrogens with two attached hydrogens (primary N) is 1. The van der Waals surface area contributed by atoms with Crippen LogP contribution in [0.3, 0.4) is 0 Å². The fourth-order valence-electron chi connectivity index (χ4n) is 4.32. The molecule has 2 aromatic carbocycles. The zero-order chi connectivity index (χ0) is 23.4. The van der Waals surface area contributed by atoms with Gasteiger partial charge in [0.05, 0.1) is 18.2 Å². The van der Waals surface area contributed by atoms with Crippen molar-refractivity contribution in [3.63, 3.8) is 0 Å². The second-order valence-electron chi connectivity index (χ2n) is 8.82. The smallest absolute Gasteiger partial charge is 0.251 e. The summed E-state index contributed by atoms with van der Waals surface area (Å²) in [6.07, 6.45) is 1.82. The van der Waals surface area contributed by atoms with Gasteiger partial charge in [0.15, 0.2) is 0 Å². The number of primary amides is 1. The summed E-state index contributed by atoms with van der Waals surface area (Å²) in [6, 6.07) is 17.8. The van der Waals surface area contributed by atoms with Gasteiger partial charge in [0, 0.05) is 36.6 Å². The number of aryl methyl sites for hydroxylation is 2. The van der Waals surface area contributed by atoms with Crippen molar-refractivity contribution in [2.24, 2.45) is 11.7 Å². The van der Waals surface area contributed by atoms with Gasteiger partial charge in [0.2, 0.25) is 5.91 Å². The molecular weight excluding hydrogens is 414 g/mol. The third kappa shape index (κ3) is 5.61. The number of piperidine rings is 1. The molecule has 2 amide bonds. The predicted molar refractivity (Wildman–Crippen MR) is 129 cm³/mol. The third-order valence-electron chi connectivity index (χ3n) is 6.23. The summed E-state index contributed by atoms with van der Waals surface area (Å²) in [4.78, 5) is 26.3. The predicted octanol–water partition coefficient (Wildman–Crippen LogP) is 3.18. The summed E-state index contributed by atoms with van der Waals surface area (Å²) in [5, 5.41) is 7.47. The van der Waals surface area contributed by atoms with Crippen molar-refractivity contribution in [1.29, 1.82) is 0 Å². The van der Waals surface area contributed by atoms with E-state index in [0.29, 0.717) is 25.2 Å². The SMILES string of the molecule is Cc1cc(C)n(Cc2ccc(C(=O)NCc3ccc(N4CCCC(C(N)=O)C4)cc3)cc2)n1. The van der Waals surface area contributed by atoms with E-state index < -0.39 is 0 Å². The lowest BCUT2D eigenvalue weighted by Gasteiger charge is -2.33. The van der Waals surface area contributed by atoms with Crippen LogP contribution in [0.15, 0.2) is 54.6 Å². The fraction of sp³-hybridized carbons (Fsp3) is 0.346. The van der Waals surface area contributed by atoms with Crippen LogP contribution < -0.4 is 16.0 Å². The molecule has 1 aliphatic heterocycles. The zero-order valence-corrected chi connectivity index (χ0v) is 19.3. The summed E-state index contributed by atoms with van der Waals surface area (Å²) in [5.41, 5.74) is 11.4. The molecule has 1 fully saturated rings. The second kappa shape index (κ2) is 9.90. The van der Waals surface area contributed by atoms with Crippen molar-refractivity contribution in [2.45, 2.75) is 39.8 Å². The molecule has 172 valence electrons. The van der Waals surface area contributed by atoms with Crippen LogP contribution in [0.4, 0.5) is 5.69 Å². The number of nitrogens with one attached hydrogen (secondary N) is 1. The summed E-state index contributed by atoms with van der Waals surface area (Å²) in [5.74, 6) is -0.410. The van der Waals surface area contributed by atoms with E-state index in [1.54, 1.807) is 0 Å². The molecule has 4 rings (SSSR count). The minimum atomic E-state index is -0.223. The van der Waals surface area contributed by atoms with Crippen LogP contribution in [0.2, 0.25) is 0 Å². The lowest BCUT2D eigenvalue weighted by Crippen LogP contribution is -2.41. The van der Waals surface area contributed by atoms with E-state index in [2.05, 4.69) is 21.4 Å². The quantitative estimate of drug-likeness (QED) is 0.584. The van der Waals surface area contributed by atoms with Crippen LogP contribution in [0.1, 0.15) is 45.7 Å². The van der Waals surface area contributed by atoms with Crippen molar-refractivity contribution in [1.82, 2.24) is 15.1 Å². The number of nitrogens with zero attached hydrogens (tertiary/aromatic N) is 3. The van der Waals surface area contributed by atoms with Gasteiger partial charge in [-0.3, -0.25) is 14.3 Å². The number of hydrogen-bond donors (Lipinski definition) is 2. The maximum Gasteiger partial charge on any atom is 0.251 e. The number of carbonyl (C=O) groups excluding carboxylic acids is 2. The van der Waals surface area contributed by atoms with Crippen LogP contribution in [0.25, 0.3) is 0 Å². The molecule has 1 unspecified atom stereocenters. The van der Waals surface area contributed by atoms with Gasteiger partial charge < -0.3 is 16.0 Å². The standard InChI is InChI=1S/C26H31N5O2/c1-18-14-19(2)31(29-18)16-21-5-9-22(10-6-21)26(33)28-15-20-7-11-24(12-8-20)30-13-3-4-23(17-30)25(27)32/h5-12,14,23H,3-4,13,15-17H2,1-2H3,(H2,27,32)(H,28,33). The highest BCUT2D eigenvalue weighted by Crippen LogP contribution is 2.23. The molecule has 3 aromatic rings. The van der Waals surface area contributed by atoms with Gasteiger partial charge in [-0.2, -0.15) is 5.10 Å². The summed E-state index contributed by atoms with van der Waals surface area (Å²) < 4.78 is 1.96. The van der Waals surface area contributed by atoms with E-state index in [9.17, 15) is 9.59 Å². The first-order chi connectivity index (χ1) is 15.9. The minimum Gasteiger partial charge on any atom is -0.371 e. The second-order valence-corrected chi connectivity index (χ2v) is 8.82. The number of aromatic nitrogens is 2. The van der Waals surface area contributed by atoms with E-state index in [1.807, 2.05) is 67.1 Å². The Morgan fingerprint density at radius 2 is 1.76 bits per heavy atom. The summed E-state index contributed by atoms with van der Waals surface area (Å²) in [7, 11) is 0. The highest BCUT2D eigenvalue weighted by molar-refractivity contribution is 5.94. The van der Waals surface area contributed by atoms with E-state index in [-0.39, 0.29) is 17.7 Å². The molecule has 1 saturated heterocycles. The van der Waals surface area contributed by atoms with Crippen molar-refractivity contribution < 1.29 is 9.59 Å². The van der Waals surface area contributed by atoms with Gasteiger partial charge in [0.25, 0.3) is 5.91 Å². The van der Waals surface area contributed by atoms with Crippen LogP contribution >= 0.6 is 0 Å². The average Bonchev–Trinajstić information content (AvgIpc) is 3.14. The van der Waals surface area contributed by atoms with Crippen molar-refractivity contribution >= 4 is 17.5 Å². The lowest BCUT2D eigenvalue weighted by molar-refractivity contribution is -0.122. The van der Waals surface area contributed by atoms with Gasteiger partial charge in [-0.15, -0.1) is 0 Å². The molecule has 7 heteroatoms. The van der Waals surface area contributed by atoms with Crippen LogP contribution in [-0.4, -0.2) is 34.7 Å². The Labute approximate surface area is 194 Å². The maximum absolute atomic E-state index is 12.6. The normalized spacial score (nSPS) is 15.9. The number of rotatable bonds is 7. The van der Waals surface area contributed by atoms with Crippen LogP contribution in [0, 0.1) is 19.8 Å². The topological polar surface area (TPSA) is 93.3 Å². The fourth-order valence-corrected chi connectivity index (χ4v) is 4.32. The van der Waals surface area contributed by atoms with Gasteiger partial charge in [-0.1, -0.05) is 24.3 Å². The Morgan fingerprint density at radius 3 is 2.39 bits per heavy atom. The molecule has 7 nitrogen and oxygen atoms in total. The van der Waals surface area contributed by atoms with Crippen molar-refractivity contribution in [2.75, 3.05) is 18.0 Å². The first-order valence-electron chi connectivity index (χ1n) is 11.4. The van der Waals surface area contributed by atoms with Gasteiger partial charge >= 0.3 is 0 Å². The van der Waals surface area contributed by atoms with E-state index in [1.165, 1.54) is 0 Å². The number of anilines is 1. The molecule has 2 heterocycles. The Balaban J connectivity index is 1.30. The monoisotopic (exact) mass is 445 g/mol. The average molecular weight is 446 g/mol. The van der Waals surface area contributed by atoms with E-state index >= 15 is 0 Å². The first-order valence-corrected chi connectivity index (χ1v) is 11.4. The Morgan fingerprint density at radius 1 is 1.06 bits per heavy atom. The zero-order valence-electron chi connectivity index (χ0n) is 19.3. The van der Waals surface area contributed by atoms with Gasteiger partial charge in [-0.25, -0.2) is 0 Å². The van der Waals surface area contributed by atoms with E-state index in [4.69, 9.17) is 5.73 Å². The molecule has 0 aliphatic carbocycles. The molecule has 0 spiro atoms. The number of hydrogen-bond acceptors (Lipinski definition) is 4. The number of carbonyl (C=O) groups is 2. The molecule has 0 radical (unpaired) electrons. The Hall–Kier alpha value is -3.61. The third-order valence-corrected chi connectivity index (χ3v) is 6.23. The van der Waals surface area contributed by atoms with E-state index in [0.717, 1.165) is 47.6 Å². The largest absolute Gasteiger partial charge is 0.371 e. The molecule has 3 N–H and O–H groups in total. The van der Waals surface area contributed by atoms with Gasteiger partial charge in [-0.05, 0) is 68.1 Å².